The molecule has 1 fully saturated rings. The average molecular weight is 607 g/mol. The summed E-state index contributed by atoms with van der Waals surface area (Å²) in [5.74, 6) is 0.590. The molecule has 3 aromatic rings. The summed E-state index contributed by atoms with van der Waals surface area (Å²) < 4.78 is 16.8. The van der Waals surface area contributed by atoms with Gasteiger partial charge in [0.1, 0.15) is 17.2 Å². The number of carbonyl (C=O) groups excluding carboxylic acids is 4. The van der Waals surface area contributed by atoms with Crippen molar-refractivity contribution in [1.29, 1.82) is 0 Å². The van der Waals surface area contributed by atoms with Crippen molar-refractivity contribution in [1.82, 2.24) is 30.0 Å². The van der Waals surface area contributed by atoms with Gasteiger partial charge in [0.25, 0.3) is 11.8 Å². The van der Waals surface area contributed by atoms with Gasteiger partial charge in [-0.05, 0) is 31.0 Å². The SMILES string of the molecule is CCCCOC(=O)N1CCN(C(=O)CNC(=O)c2cc(OCC(=O)N3CCc4nc(C)oc4C3)c3ccc(C)cc3n2)CC1. The fourth-order valence-electron chi connectivity index (χ4n) is 5.20. The van der Waals surface area contributed by atoms with E-state index in [1.54, 1.807) is 21.6 Å². The van der Waals surface area contributed by atoms with E-state index in [0.717, 1.165) is 24.1 Å². The highest BCUT2D eigenvalue weighted by Gasteiger charge is 2.27. The number of carbonyl (C=O) groups is 4. The Labute approximate surface area is 255 Å². The molecule has 4 amide bonds. The molecule has 5 rings (SSSR count). The summed E-state index contributed by atoms with van der Waals surface area (Å²) in [6, 6.07) is 7.06. The van der Waals surface area contributed by atoms with Crippen LogP contribution in [0.2, 0.25) is 0 Å². The van der Waals surface area contributed by atoms with Crippen LogP contribution in [0.25, 0.3) is 10.9 Å². The lowest BCUT2D eigenvalue weighted by Crippen LogP contribution is -2.52. The second-order valence-corrected chi connectivity index (χ2v) is 11.0. The Morgan fingerprint density at radius 1 is 0.955 bits per heavy atom. The third kappa shape index (κ3) is 7.26. The zero-order chi connectivity index (χ0) is 31.2. The molecule has 1 saturated heterocycles. The standard InChI is InChI=1S/C31H38N6O7/c1-4-5-14-42-31(41)36-12-10-35(11-13-36)28(38)17-32-30(40)25-16-26(22-7-6-20(2)15-24(22)34-25)43-19-29(39)37-9-8-23-27(18-37)44-21(3)33-23/h6-7,15-16H,4-5,8-14,17-19H2,1-3H3,(H,32,40). The normalized spacial score (nSPS) is 14.8. The highest BCUT2D eigenvalue weighted by atomic mass is 16.6. The first-order valence-corrected chi connectivity index (χ1v) is 15.0. The molecule has 234 valence electrons. The van der Waals surface area contributed by atoms with Crippen molar-refractivity contribution < 1.29 is 33.1 Å². The lowest BCUT2D eigenvalue weighted by Gasteiger charge is -2.34. The molecule has 1 aromatic carbocycles. The number of hydrogen-bond acceptors (Lipinski definition) is 9. The van der Waals surface area contributed by atoms with Gasteiger partial charge >= 0.3 is 6.09 Å². The first-order valence-electron chi connectivity index (χ1n) is 15.0. The minimum atomic E-state index is -0.541. The van der Waals surface area contributed by atoms with Gasteiger partial charge in [0.05, 0.1) is 30.9 Å². The number of oxazole rings is 1. The van der Waals surface area contributed by atoms with E-state index in [0.29, 0.717) is 80.6 Å². The molecule has 13 nitrogen and oxygen atoms in total. The number of rotatable bonds is 9. The molecule has 1 N–H and O–H groups in total. The first-order chi connectivity index (χ1) is 21.2. The van der Waals surface area contributed by atoms with E-state index >= 15 is 0 Å². The molecule has 0 atom stereocenters. The summed E-state index contributed by atoms with van der Waals surface area (Å²) in [4.78, 5) is 64.9. The number of unbranched alkanes of at least 4 members (excludes halogenated alkanes) is 1. The maximum atomic E-state index is 13.1. The van der Waals surface area contributed by atoms with Crippen LogP contribution in [0.4, 0.5) is 4.79 Å². The summed E-state index contributed by atoms with van der Waals surface area (Å²) in [7, 11) is 0. The number of amides is 4. The number of piperazine rings is 1. The number of pyridine rings is 1. The molecular weight excluding hydrogens is 568 g/mol. The van der Waals surface area contributed by atoms with Gasteiger partial charge in [-0.3, -0.25) is 14.4 Å². The second-order valence-electron chi connectivity index (χ2n) is 11.0. The zero-order valence-corrected chi connectivity index (χ0v) is 25.4. The summed E-state index contributed by atoms with van der Waals surface area (Å²) in [6.07, 6.45) is 1.99. The van der Waals surface area contributed by atoms with Crippen LogP contribution in [0.1, 0.15) is 53.2 Å². The summed E-state index contributed by atoms with van der Waals surface area (Å²) >= 11 is 0. The monoisotopic (exact) mass is 606 g/mol. The summed E-state index contributed by atoms with van der Waals surface area (Å²) in [5, 5.41) is 3.31. The van der Waals surface area contributed by atoms with Gasteiger partial charge in [0, 0.05) is 57.5 Å². The molecule has 2 aromatic heterocycles. The fourth-order valence-corrected chi connectivity index (χ4v) is 5.20. The van der Waals surface area contributed by atoms with Crippen LogP contribution in [0.3, 0.4) is 0 Å². The number of benzene rings is 1. The number of aromatic nitrogens is 2. The predicted molar refractivity (Wildman–Crippen MR) is 159 cm³/mol. The van der Waals surface area contributed by atoms with E-state index in [2.05, 4.69) is 15.3 Å². The Balaban J connectivity index is 1.18. The molecule has 44 heavy (non-hydrogen) atoms. The number of nitrogens with one attached hydrogen (secondary N) is 1. The van der Waals surface area contributed by atoms with Gasteiger partial charge in [-0.25, -0.2) is 14.8 Å². The van der Waals surface area contributed by atoms with E-state index in [1.807, 2.05) is 32.0 Å². The number of ether oxygens (including phenoxy) is 2. The van der Waals surface area contributed by atoms with Crippen molar-refractivity contribution in [2.45, 2.75) is 46.6 Å². The molecule has 13 heteroatoms. The van der Waals surface area contributed by atoms with E-state index < -0.39 is 5.91 Å². The maximum Gasteiger partial charge on any atom is 0.409 e. The molecule has 2 aliphatic rings. The minimum absolute atomic E-state index is 0.0674. The van der Waals surface area contributed by atoms with Crippen LogP contribution >= 0.6 is 0 Å². The summed E-state index contributed by atoms with van der Waals surface area (Å²) in [5.41, 5.74) is 2.42. The van der Waals surface area contributed by atoms with E-state index in [4.69, 9.17) is 13.9 Å². The Morgan fingerprint density at radius 2 is 1.73 bits per heavy atom. The summed E-state index contributed by atoms with van der Waals surface area (Å²) in [6.45, 7) is 7.93. The van der Waals surface area contributed by atoms with Crippen LogP contribution in [0.15, 0.2) is 28.7 Å². The molecule has 0 aliphatic carbocycles. The quantitative estimate of drug-likeness (QED) is 0.363. The molecule has 0 spiro atoms. The minimum Gasteiger partial charge on any atom is -0.483 e. The Bertz CT molecular complexity index is 1550. The van der Waals surface area contributed by atoms with Crippen molar-refractivity contribution in [3.8, 4) is 5.75 Å². The fraction of sp³-hybridized carbons (Fsp3) is 0.484. The zero-order valence-electron chi connectivity index (χ0n) is 25.4. The van der Waals surface area contributed by atoms with Gasteiger partial charge in [-0.2, -0.15) is 0 Å². The van der Waals surface area contributed by atoms with Crippen LogP contribution < -0.4 is 10.1 Å². The highest BCUT2D eigenvalue weighted by Crippen LogP contribution is 2.27. The van der Waals surface area contributed by atoms with Crippen molar-refractivity contribution in [3.05, 3.63) is 52.9 Å². The highest BCUT2D eigenvalue weighted by molar-refractivity contribution is 5.98. The number of aryl methyl sites for hydroxylation is 2. The molecule has 0 bridgehead atoms. The van der Waals surface area contributed by atoms with Crippen molar-refractivity contribution in [2.75, 3.05) is 52.5 Å². The Hall–Kier alpha value is -4.68. The molecular formula is C31H38N6O7. The van der Waals surface area contributed by atoms with Gasteiger partial charge in [-0.1, -0.05) is 19.4 Å². The van der Waals surface area contributed by atoms with Gasteiger partial charge in [-0.15, -0.1) is 0 Å². The molecule has 4 heterocycles. The maximum absolute atomic E-state index is 13.1. The predicted octanol–water partition coefficient (Wildman–Crippen LogP) is 2.61. The smallest absolute Gasteiger partial charge is 0.409 e. The largest absolute Gasteiger partial charge is 0.483 e. The topological polar surface area (TPSA) is 147 Å². The van der Waals surface area contributed by atoms with E-state index in [1.165, 1.54) is 6.07 Å². The van der Waals surface area contributed by atoms with Gasteiger partial charge in [0.15, 0.2) is 12.5 Å². The van der Waals surface area contributed by atoms with Crippen molar-refractivity contribution >= 4 is 34.7 Å². The Kier molecular flexibility index (Phi) is 9.61. The van der Waals surface area contributed by atoms with E-state index in [-0.39, 0.29) is 36.8 Å². The lowest BCUT2D eigenvalue weighted by molar-refractivity contribution is -0.134. The van der Waals surface area contributed by atoms with Crippen LogP contribution in [-0.4, -0.2) is 101 Å². The second kappa shape index (κ2) is 13.7. The number of fused-ring (bicyclic) bond motifs is 2. The molecule has 2 aliphatic heterocycles. The van der Waals surface area contributed by atoms with Crippen molar-refractivity contribution in [3.63, 3.8) is 0 Å². The average Bonchev–Trinajstić information content (AvgIpc) is 3.41. The van der Waals surface area contributed by atoms with Crippen LogP contribution in [-0.2, 0) is 27.3 Å². The number of hydrogen-bond donors (Lipinski definition) is 1. The molecule has 0 unspecified atom stereocenters. The first kappa shape index (κ1) is 30.8. The van der Waals surface area contributed by atoms with Gasteiger partial charge in [0.2, 0.25) is 5.91 Å². The van der Waals surface area contributed by atoms with Crippen molar-refractivity contribution in [2.24, 2.45) is 0 Å². The third-order valence-electron chi connectivity index (χ3n) is 7.72. The molecule has 0 radical (unpaired) electrons. The van der Waals surface area contributed by atoms with Gasteiger partial charge < -0.3 is 33.9 Å². The Morgan fingerprint density at radius 3 is 2.50 bits per heavy atom. The third-order valence-corrected chi connectivity index (χ3v) is 7.72. The van der Waals surface area contributed by atoms with Crippen LogP contribution in [0.5, 0.6) is 5.75 Å². The number of nitrogens with zero attached hydrogens (tertiary/aromatic N) is 5. The lowest BCUT2D eigenvalue weighted by atomic mass is 10.1. The van der Waals surface area contributed by atoms with Crippen LogP contribution in [0, 0.1) is 13.8 Å². The molecule has 0 saturated carbocycles. The van der Waals surface area contributed by atoms with E-state index in [9.17, 15) is 19.2 Å².